The van der Waals surface area contributed by atoms with Crippen molar-refractivity contribution in [2.24, 2.45) is 28.1 Å². The van der Waals surface area contributed by atoms with Crippen LogP contribution in [0.3, 0.4) is 0 Å². The number of rotatable bonds is 13. The minimum Gasteiger partial charge on any atom is -0.480 e. The average Bonchev–Trinajstić information content (AvgIpc) is 3.27. The lowest BCUT2D eigenvalue weighted by molar-refractivity contribution is -0.145. The molecule has 1 fully saturated rings. The molecule has 0 aromatic rings. The van der Waals surface area contributed by atoms with Gasteiger partial charge in [0, 0.05) is 13.1 Å². The van der Waals surface area contributed by atoms with Gasteiger partial charge in [-0.05, 0) is 31.6 Å². The minimum atomic E-state index is -1.20. The van der Waals surface area contributed by atoms with Crippen LogP contribution in [0.25, 0.3) is 0 Å². The van der Waals surface area contributed by atoms with Crippen LogP contribution in [0.1, 0.15) is 46.0 Å². The maximum absolute atomic E-state index is 13.3. The van der Waals surface area contributed by atoms with Crippen molar-refractivity contribution in [1.29, 1.82) is 0 Å². The molecule has 1 aliphatic rings. The average molecular weight is 472 g/mol. The smallest absolute Gasteiger partial charge is 0.326 e. The molecular weight excluding hydrogens is 434 g/mol. The quantitative estimate of drug-likeness (QED) is 0.0850. The fourth-order valence-corrected chi connectivity index (χ4v) is 3.54. The van der Waals surface area contributed by atoms with E-state index in [1.165, 1.54) is 4.90 Å². The molecule has 3 amide bonds. The second-order valence-electron chi connectivity index (χ2n) is 8.20. The number of aliphatic hydroxyl groups is 1. The van der Waals surface area contributed by atoms with Crippen LogP contribution in [0.4, 0.5) is 0 Å². The molecule has 1 heterocycles. The normalized spacial score (nSPS) is 19.2. The third-order valence-corrected chi connectivity index (χ3v) is 5.71. The van der Waals surface area contributed by atoms with Crippen molar-refractivity contribution in [1.82, 2.24) is 15.5 Å². The lowest BCUT2D eigenvalue weighted by Crippen LogP contribution is -2.58. The van der Waals surface area contributed by atoms with E-state index in [4.69, 9.17) is 22.3 Å². The van der Waals surface area contributed by atoms with Crippen molar-refractivity contribution in [2.45, 2.75) is 70.1 Å². The van der Waals surface area contributed by atoms with Gasteiger partial charge in [0.05, 0.1) is 6.61 Å². The van der Waals surface area contributed by atoms with Crippen LogP contribution in [-0.4, -0.2) is 88.6 Å². The van der Waals surface area contributed by atoms with E-state index in [1.807, 2.05) is 6.92 Å². The molecule has 0 saturated carbocycles. The van der Waals surface area contributed by atoms with Crippen LogP contribution >= 0.6 is 0 Å². The van der Waals surface area contributed by atoms with E-state index in [0.717, 1.165) is 0 Å². The molecule has 1 saturated heterocycles. The number of hydrogen-bond acceptors (Lipinski definition) is 7. The minimum absolute atomic E-state index is 0.103. The molecule has 1 aliphatic heterocycles. The summed E-state index contributed by atoms with van der Waals surface area (Å²) >= 11 is 0. The summed E-state index contributed by atoms with van der Waals surface area (Å²) in [5.41, 5.74) is 16.0. The van der Waals surface area contributed by atoms with Crippen molar-refractivity contribution in [3.05, 3.63) is 0 Å². The van der Waals surface area contributed by atoms with Crippen LogP contribution in [-0.2, 0) is 19.2 Å². The monoisotopic (exact) mass is 471 g/mol. The molecule has 0 radical (unpaired) electrons. The number of carboxylic acid groups (broad SMARTS) is 1. The van der Waals surface area contributed by atoms with E-state index < -0.39 is 54.5 Å². The fraction of sp³-hybridized carbons (Fsp3) is 0.750. The highest BCUT2D eigenvalue weighted by atomic mass is 16.4. The summed E-state index contributed by atoms with van der Waals surface area (Å²) < 4.78 is 0. The van der Waals surface area contributed by atoms with Gasteiger partial charge in [-0.3, -0.25) is 19.4 Å². The molecular formula is C20H37N7O6. The summed E-state index contributed by atoms with van der Waals surface area (Å²) in [5, 5.41) is 23.6. The second-order valence-corrected chi connectivity index (χ2v) is 8.20. The van der Waals surface area contributed by atoms with Crippen molar-refractivity contribution in [3.63, 3.8) is 0 Å². The number of nitrogens with two attached hydrogens (primary N) is 3. The molecule has 188 valence electrons. The van der Waals surface area contributed by atoms with Crippen LogP contribution in [0.5, 0.6) is 0 Å². The molecule has 0 aliphatic carbocycles. The zero-order valence-corrected chi connectivity index (χ0v) is 19.2. The standard InChI is InChI=1S/C20H37N7O6/c1-3-11(2)15(26-16(29)12(21)10-28)18(31)27-9-5-7-14(27)17(30)25-13(19(32)33)6-4-8-24-20(22)23/h11-15,28H,3-10,21H2,1-2H3,(H,25,30)(H,26,29)(H,32,33)(H4,22,23,24). The number of guanidine groups is 1. The first-order valence-corrected chi connectivity index (χ1v) is 11.1. The first kappa shape index (κ1) is 28.1. The predicted octanol–water partition coefficient (Wildman–Crippen LogP) is -2.55. The molecule has 0 spiro atoms. The number of carbonyl (C=O) groups is 4. The highest BCUT2D eigenvalue weighted by Gasteiger charge is 2.40. The van der Waals surface area contributed by atoms with Crippen molar-refractivity contribution >= 4 is 29.7 Å². The van der Waals surface area contributed by atoms with E-state index in [0.29, 0.717) is 32.2 Å². The van der Waals surface area contributed by atoms with E-state index in [1.54, 1.807) is 6.92 Å². The van der Waals surface area contributed by atoms with E-state index in [-0.39, 0.29) is 24.8 Å². The van der Waals surface area contributed by atoms with Gasteiger partial charge in [0.1, 0.15) is 24.2 Å². The maximum Gasteiger partial charge on any atom is 0.326 e. The molecule has 13 heteroatoms. The Morgan fingerprint density at radius 1 is 1.21 bits per heavy atom. The zero-order chi connectivity index (χ0) is 25.1. The summed E-state index contributed by atoms with van der Waals surface area (Å²) in [4.78, 5) is 55.1. The van der Waals surface area contributed by atoms with Crippen molar-refractivity contribution in [2.75, 3.05) is 19.7 Å². The van der Waals surface area contributed by atoms with Crippen LogP contribution in [0.15, 0.2) is 4.99 Å². The number of likely N-dealkylation sites (tertiary alicyclic amines) is 1. The van der Waals surface area contributed by atoms with Crippen LogP contribution in [0.2, 0.25) is 0 Å². The zero-order valence-electron chi connectivity index (χ0n) is 19.2. The number of aliphatic hydroxyl groups excluding tert-OH is 1. The summed E-state index contributed by atoms with van der Waals surface area (Å²) in [6, 6.07) is -4.11. The first-order valence-electron chi connectivity index (χ1n) is 11.1. The summed E-state index contributed by atoms with van der Waals surface area (Å²) in [6.45, 7) is 3.60. The van der Waals surface area contributed by atoms with E-state index >= 15 is 0 Å². The van der Waals surface area contributed by atoms with Gasteiger partial charge in [-0.25, -0.2) is 4.79 Å². The molecule has 5 atom stereocenters. The third-order valence-electron chi connectivity index (χ3n) is 5.71. The highest BCUT2D eigenvalue weighted by Crippen LogP contribution is 2.22. The Bertz CT molecular complexity index is 728. The largest absolute Gasteiger partial charge is 0.480 e. The Morgan fingerprint density at radius 2 is 1.88 bits per heavy atom. The van der Waals surface area contributed by atoms with Gasteiger partial charge in [0.25, 0.3) is 0 Å². The SMILES string of the molecule is CCC(C)C(NC(=O)C(N)CO)C(=O)N1CCCC1C(=O)NC(CCCN=C(N)N)C(=O)O. The topological polar surface area (TPSA) is 226 Å². The summed E-state index contributed by atoms with van der Waals surface area (Å²) in [5.74, 6) is -3.24. The lowest BCUT2D eigenvalue weighted by atomic mass is 9.97. The second kappa shape index (κ2) is 13.6. The number of aliphatic carboxylic acids is 1. The van der Waals surface area contributed by atoms with Gasteiger partial charge in [-0.15, -0.1) is 0 Å². The molecule has 1 rings (SSSR count). The molecule has 13 nitrogen and oxygen atoms in total. The van der Waals surface area contributed by atoms with Crippen LogP contribution < -0.4 is 27.8 Å². The van der Waals surface area contributed by atoms with Gasteiger partial charge in [-0.1, -0.05) is 20.3 Å². The molecule has 0 aromatic carbocycles. The maximum atomic E-state index is 13.3. The molecule has 33 heavy (non-hydrogen) atoms. The van der Waals surface area contributed by atoms with Gasteiger partial charge in [0.2, 0.25) is 17.7 Å². The van der Waals surface area contributed by atoms with Gasteiger partial charge in [-0.2, -0.15) is 0 Å². The molecule has 0 aromatic heterocycles. The Labute approximate surface area is 193 Å². The number of nitrogens with zero attached hydrogens (tertiary/aromatic N) is 2. The fourth-order valence-electron chi connectivity index (χ4n) is 3.54. The summed E-state index contributed by atoms with van der Waals surface area (Å²) in [7, 11) is 0. The van der Waals surface area contributed by atoms with Crippen molar-refractivity contribution in [3.8, 4) is 0 Å². The van der Waals surface area contributed by atoms with E-state index in [9.17, 15) is 24.3 Å². The number of carbonyl (C=O) groups excluding carboxylic acids is 3. The van der Waals surface area contributed by atoms with Crippen molar-refractivity contribution < 1.29 is 29.4 Å². The van der Waals surface area contributed by atoms with E-state index in [2.05, 4.69) is 15.6 Å². The van der Waals surface area contributed by atoms with Gasteiger partial charge in [0.15, 0.2) is 5.96 Å². The highest BCUT2D eigenvalue weighted by molar-refractivity contribution is 5.94. The Balaban J connectivity index is 2.90. The Kier molecular flexibility index (Phi) is 11.6. The predicted molar refractivity (Wildman–Crippen MR) is 121 cm³/mol. The lowest BCUT2D eigenvalue weighted by Gasteiger charge is -2.32. The molecule has 5 unspecified atom stereocenters. The van der Waals surface area contributed by atoms with Gasteiger partial charge >= 0.3 is 5.97 Å². The third kappa shape index (κ3) is 8.50. The molecule has 0 bridgehead atoms. The molecule has 10 N–H and O–H groups in total. The Hall–Kier alpha value is -2.93. The number of carboxylic acids is 1. The number of hydrogen-bond donors (Lipinski definition) is 7. The number of amides is 3. The summed E-state index contributed by atoms with van der Waals surface area (Å²) in [6.07, 6.45) is 1.96. The van der Waals surface area contributed by atoms with Crippen LogP contribution in [0, 0.1) is 5.92 Å². The number of nitrogens with one attached hydrogen (secondary N) is 2. The first-order chi connectivity index (χ1) is 15.5. The number of aliphatic imine (C=N–C) groups is 1. The Morgan fingerprint density at radius 3 is 2.42 bits per heavy atom. The van der Waals surface area contributed by atoms with Gasteiger partial charge < -0.3 is 42.9 Å².